The summed E-state index contributed by atoms with van der Waals surface area (Å²) in [4.78, 5) is 11.9. The third-order valence-corrected chi connectivity index (χ3v) is 2.58. The van der Waals surface area contributed by atoms with Crippen molar-refractivity contribution < 1.29 is 9.90 Å². The van der Waals surface area contributed by atoms with Crippen molar-refractivity contribution >= 4 is 5.78 Å². The van der Waals surface area contributed by atoms with Gasteiger partial charge in [0, 0.05) is 5.41 Å². The lowest BCUT2D eigenvalue weighted by atomic mass is 9.68. The van der Waals surface area contributed by atoms with Crippen molar-refractivity contribution in [1.29, 1.82) is 0 Å². The first-order chi connectivity index (χ1) is 5.40. The molecule has 0 saturated carbocycles. The van der Waals surface area contributed by atoms with E-state index in [1.54, 1.807) is 6.92 Å². The lowest BCUT2D eigenvalue weighted by molar-refractivity contribution is -0.155. The fraction of sp³-hybridized carbons (Fsp3) is 0.909. The molecule has 1 N–H and O–H groups in total. The van der Waals surface area contributed by atoms with Crippen LogP contribution in [0.1, 0.15) is 48.5 Å². The number of hydrogen-bond donors (Lipinski definition) is 1. The average molecular weight is 186 g/mol. The molecule has 0 radical (unpaired) electrons. The number of ketones is 1. The van der Waals surface area contributed by atoms with Crippen molar-refractivity contribution in [3.63, 3.8) is 0 Å². The van der Waals surface area contributed by atoms with E-state index in [1.165, 1.54) is 0 Å². The van der Waals surface area contributed by atoms with Gasteiger partial charge in [0.05, 0.1) is 0 Å². The summed E-state index contributed by atoms with van der Waals surface area (Å²) in [5.41, 5.74) is -2.17. The second-order valence-corrected chi connectivity index (χ2v) is 5.90. The monoisotopic (exact) mass is 186 g/mol. The minimum Gasteiger partial charge on any atom is -0.382 e. The fourth-order valence-corrected chi connectivity index (χ4v) is 1.07. The Morgan fingerprint density at radius 2 is 1.23 bits per heavy atom. The van der Waals surface area contributed by atoms with Crippen LogP contribution >= 0.6 is 0 Å². The summed E-state index contributed by atoms with van der Waals surface area (Å²) in [6.07, 6.45) is 0. The SMILES string of the molecule is CC(C)(C)C(=O)C(C)(O)C(C)(C)C. The van der Waals surface area contributed by atoms with E-state index in [-0.39, 0.29) is 5.78 Å². The van der Waals surface area contributed by atoms with Crippen LogP contribution in [0.4, 0.5) is 0 Å². The Balaban J connectivity index is 4.98. The molecule has 0 aromatic carbocycles. The molecule has 1 atom stereocenters. The summed E-state index contributed by atoms with van der Waals surface area (Å²) in [7, 11) is 0. The topological polar surface area (TPSA) is 37.3 Å². The zero-order chi connectivity index (χ0) is 11.1. The average Bonchev–Trinajstić information content (AvgIpc) is 1.81. The molecule has 78 valence electrons. The Hall–Kier alpha value is -0.370. The second-order valence-electron chi connectivity index (χ2n) is 5.90. The van der Waals surface area contributed by atoms with Crippen molar-refractivity contribution in [3.8, 4) is 0 Å². The summed E-state index contributed by atoms with van der Waals surface area (Å²) < 4.78 is 0. The number of Topliss-reactive ketones (excluding diaryl/α,β-unsaturated/α-hetero) is 1. The first kappa shape index (κ1) is 12.6. The molecule has 0 heterocycles. The van der Waals surface area contributed by atoms with Crippen molar-refractivity contribution in [2.24, 2.45) is 10.8 Å². The highest BCUT2D eigenvalue weighted by Gasteiger charge is 2.46. The minimum atomic E-state index is -1.26. The van der Waals surface area contributed by atoms with E-state index in [4.69, 9.17) is 0 Å². The minimum absolute atomic E-state index is 0.104. The van der Waals surface area contributed by atoms with Crippen LogP contribution in [-0.4, -0.2) is 16.5 Å². The van der Waals surface area contributed by atoms with Gasteiger partial charge in [-0.2, -0.15) is 0 Å². The quantitative estimate of drug-likeness (QED) is 0.682. The highest BCUT2D eigenvalue weighted by atomic mass is 16.3. The van der Waals surface area contributed by atoms with Gasteiger partial charge in [-0.3, -0.25) is 4.79 Å². The molecule has 0 amide bonds. The predicted octanol–water partition coefficient (Wildman–Crippen LogP) is 2.40. The summed E-state index contributed by atoms with van der Waals surface area (Å²) in [6.45, 7) is 12.7. The number of aliphatic hydroxyl groups is 1. The molecule has 0 aliphatic carbocycles. The molecule has 0 aromatic heterocycles. The summed E-state index contributed by atoms with van der Waals surface area (Å²) in [5.74, 6) is -0.104. The molecule has 2 nitrogen and oxygen atoms in total. The van der Waals surface area contributed by atoms with Crippen LogP contribution < -0.4 is 0 Å². The third-order valence-electron chi connectivity index (χ3n) is 2.58. The van der Waals surface area contributed by atoms with Crippen LogP contribution in [0.15, 0.2) is 0 Å². The van der Waals surface area contributed by atoms with E-state index in [0.717, 1.165) is 0 Å². The highest BCUT2D eigenvalue weighted by molar-refractivity contribution is 5.91. The predicted molar refractivity (Wildman–Crippen MR) is 54.5 cm³/mol. The second kappa shape index (κ2) is 3.09. The molecular weight excluding hydrogens is 164 g/mol. The Morgan fingerprint density at radius 3 is 1.31 bits per heavy atom. The number of rotatable bonds is 1. The first-order valence-electron chi connectivity index (χ1n) is 4.68. The number of carbonyl (C=O) groups excluding carboxylic acids is 1. The maximum Gasteiger partial charge on any atom is 0.169 e. The van der Waals surface area contributed by atoms with E-state index < -0.39 is 16.4 Å². The maximum atomic E-state index is 11.9. The molecule has 0 aromatic rings. The van der Waals surface area contributed by atoms with Gasteiger partial charge < -0.3 is 5.11 Å². The van der Waals surface area contributed by atoms with Crippen LogP contribution in [0.5, 0.6) is 0 Å². The van der Waals surface area contributed by atoms with Crippen molar-refractivity contribution in [2.75, 3.05) is 0 Å². The molecule has 0 saturated heterocycles. The molecule has 13 heavy (non-hydrogen) atoms. The molecule has 0 aliphatic rings. The van der Waals surface area contributed by atoms with E-state index in [0.29, 0.717) is 0 Å². The van der Waals surface area contributed by atoms with E-state index in [9.17, 15) is 9.90 Å². The molecular formula is C11H22O2. The number of carbonyl (C=O) groups is 1. The Bertz CT molecular complexity index is 201. The molecule has 0 bridgehead atoms. The zero-order valence-electron chi connectivity index (χ0n) is 9.86. The van der Waals surface area contributed by atoms with E-state index in [2.05, 4.69) is 0 Å². The lowest BCUT2D eigenvalue weighted by Crippen LogP contribution is -2.51. The number of hydrogen-bond acceptors (Lipinski definition) is 2. The molecule has 0 aliphatic heterocycles. The van der Waals surface area contributed by atoms with Gasteiger partial charge in [-0.1, -0.05) is 41.5 Å². The summed E-state index contributed by atoms with van der Waals surface area (Å²) in [5, 5.41) is 10.1. The molecule has 0 spiro atoms. The van der Waals surface area contributed by atoms with Crippen LogP contribution in [-0.2, 0) is 4.79 Å². The lowest BCUT2D eigenvalue weighted by Gasteiger charge is -2.39. The van der Waals surface area contributed by atoms with Crippen molar-refractivity contribution in [3.05, 3.63) is 0 Å². The van der Waals surface area contributed by atoms with Crippen LogP contribution in [0.3, 0.4) is 0 Å². The van der Waals surface area contributed by atoms with Gasteiger partial charge in [0.2, 0.25) is 0 Å². The first-order valence-corrected chi connectivity index (χ1v) is 4.68. The van der Waals surface area contributed by atoms with Crippen LogP contribution in [0.2, 0.25) is 0 Å². The largest absolute Gasteiger partial charge is 0.382 e. The molecule has 0 fully saturated rings. The smallest absolute Gasteiger partial charge is 0.169 e. The summed E-state index contributed by atoms with van der Waals surface area (Å²) in [6, 6.07) is 0. The van der Waals surface area contributed by atoms with Crippen molar-refractivity contribution in [1.82, 2.24) is 0 Å². The Kier molecular flexibility index (Phi) is 3.00. The van der Waals surface area contributed by atoms with Crippen LogP contribution in [0, 0.1) is 10.8 Å². The van der Waals surface area contributed by atoms with E-state index in [1.807, 2.05) is 41.5 Å². The fourth-order valence-electron chi connectivity index (χ4n) is 1.07. The molecule has 0 rings (SSSR count). The van der Waals surface area contributed by atoms with Gasteiger partial charge in [-0.25, -0.2) is 0 Å². The maximum absolute atomic E-state index is 11.9. The van der Waals surface area contributed by atoms with Gasteiger partial charge in [-0.05, 0) is 12.3 Å². The van der Waals surface area contributed by atoms with Gasteiger partial charge in [0.25, 0.3) is 0 Å². The van der Waals surface area contributed by atoms with Crippen LogP contribution in [0.25, 0.3) is 0 Å². The highest BCUT2D eigenvalue weighted by Crippen LogP contribution is 2.36. The standard InChI is InChI=1S/C11H22O2/c1-9(2,3)8(12)11(7,13)10(4,5)6/h13H,1-7H3. The van der Waals surface area contributed by atoms with Crippen molar-refractivity contribution in [2.45, 2.75) is 54.1 Å². The van der Waals surface area contributed by atoms with Gasteiger partial charge in [0.1, 0.15) is 5.60 Å². The van der Waals surface area contributed by atoms with E-state index >= 15 is 0 Å². The van der Waals surface area contributed by atoms with Gasteiger partial charge in [-0.15, -0.1) is 0 Å². The van der Waals surface area contributed by atoms with Gasteiger partial charge >= 0.3 is 0 Å². The van der Waals surface area contributed by atoms with Gasteiger partial charge in [0.15, 0.2) is 5.78 Å². The Morgan fingerprint density at radius 1 is 0.923 bits per heavy atom. The zero-order valence-corrected chi connectivity index (χ0v) is 9.86. The third kappa shape index (κ3) is 2.53. The molecule has 2 heteroatoms. The normalized spacial score (nSPS) is 18.2. The molecule has 1 unspecified atom stereocenters. The summed E-state index contributed by atoms with van der Waals surface area (Å²) >= 11 is 0. The Labute approximate surface area is 81.3 Å².